The van der Waals surface area contributed by atoms with Crippen LogP contribution in [0.4, 0.5) is 0 Å². The molecule has 0 bridgehead atoms. The molecule has 1 aromatic rings. The van der Waals surface area contributed by atoms with Crippen LogP contribution < -0.4 is 0 Å². The van der Waals surface area contributed by atoms with Gasteiger partial charge >= 0.3 is 17.9 Å². The monoisotopic (exact) mass is 391 g/mol. The summed E-state index contributed by atoms with van der Waals surface area (Å²) < 4.78 is 27.4. The fraction of sp³-hybridized carbons (Fsp3) is 0.474. The Morgan fingerprint density at radius 3 is 2.21 bits per heavy atom. The van der Waals surface area contributed by atoms with Crippen LogP contribution in [0.15, 0.2) is 35.3 Å². The van der Waals surface area contributed by atoms with E-state index in [1.54, 1.807) is 0 Å². The topological polar surface area (TPSA) is 110 Å². The number of rotatable bonds is 5. The number of carbonyl (C=O) groups excluding carboxylic acids is 3. The molecule has 28 heavy (non-hydrogen) atoms. The number of fused-ring (bicyclic) bond motifs is 1. The first kappa shape index (κ1) is 19.8. The van der Waals surface area contributed by atoms with Crippen molar-refractivity contribution in [1.29, 1.82) is 0 Å². The lowest BCUT2D eigenvalue weighted by Gasteiger charge is -2.40. The van der Waals surface area contributed by atoms with Gasteiger partial charge in [0, 0.05) is 26.3 Å². The highest BCUT2D eigenvalue weighted by Gasteiger charge is 2.54. The number of ether oxygens (including phenoxy) is 5. The Labute approximate surface area is 161 Å². The van der Waals surface area contributed by atoms with Crippen molar-refractivity contribution in [2.75, 3.05) is 6.61 Å². The van der Waals surface area contributed by atoms with Crippen molar-refractivity contribution in [2.24, 2.45) is 4.99 Å². The fourth-order valence-electron chi connectivity index (χ4n) is 3.12. The van der Waals surface area contributed by atoms with Gasteiger partial charge in [0.1, 0.15) is 12.7 Å². The lowest BCUT2D eigenvalue weighted by molar-refractivity contribution is -0.249. The number of hydrogen-bond acceptors (Lipinski definition) is 9. The third-order valence-electron chi connectivity index (χ3n) is 4.18. The van der Waals surface area contributed by atoms with Crippen molar-refractivity contribution in [2.45, 2.75) is 51.4 Å². The Balaban J connectivity index is 1.91. The maximum atomic E-state index is 11.7. The molecule has 1 saturated heterocycles. The summed E-state index contributed by atoms with van der Waals surface area (Å²) in [5.41, 5.74) is 0.725. The maximum absolute atomic E-state index is 11.7. The Morgan fingerprint density at radius 1 is 0.964 bits per heavy atom. The second-order valence-electron chi connectivity index (χ2n) is 6.40. The highest BCUT2D eigenvalue weighted by atomic mass is 16.7. The standard InChI is InChI=1S/C19H21NO8/c1-10(21)24-9-14-16(25-11(2)22)17(26-12(3)23)15-19(27-14)28-18(20-15)13-7-5-4-6-8-13/h4-8,14-17,19H,9H2,1-3H3/t14-,15-,16-,17-,19-/m0/s1. The zero-order valence-corrected chi connectivity index (χ0v) is 15.7. The van der Waals surface area contributed by atoms with Crippen molar-refractivity contribution in [1.82, 2.24) is 0 Å². The van der Waals surface area contributed by atoms with E-state index < -0.39 is 48.6 Å². The Morgan fingerprint density at radius 2 is 1.61 bits per heavy atom. The lowest BCUT2D eigenvalue weighted by atomic mass is 9.97. The van der Waals surface area contributed by atoms with Gasteiger partial charge in [-0.05, 0) is 12.1 Å². The van der Waals surface area contributed by atoms with Crippen molar-refractivity contribution in [3.8, 4) is 0 Å². The summed E-state index contributed by atoms with van der Waals surface area (Å²) in [6.45, 7) is 3.52. The first-order chi connectivity index (χ1) is 13.3. The van der Waals surface area contributed by atoms with Crippen LogP contribution in [0.25, 0.3) is 0 Å². The average molecular weight is 391 g/mol. The molecule has 0 N–H and O–H groups in total. The molecular formula is C19H21NO8. The quantitative estimate of drug-likeness (QED) is 0.540. The third-order valence-corrected chi connectivity index (χ3v) is 4.18. The van der Waals surface area contributed by atoms with E-state index in [9.17, 15) is 14.4 Å². The van der Waals surface area contributed by atoms with Crippen LogP contribution in [0.3, 0.4) is 0 Å². The molecule has 1 aromatic carbocycles. The summed E-state index contributed by atoms with van der Waals surface area (Å²) in [7, 11) is 0. The minimum atomic E-state index is -1.01. The highest BCUT2D eigenvalue weighted by Crippen LogP contribution is 2.33. The summed E-state index contributed by atoms with van der Waals surface area (Å²) in [6, 6.07) is 8.42. The predicted molar refractivity (Wildman–Crippen MR) is 94.3 cm³/mol. The van der Waals surface area contributed by atoms with Gasteiger partial charge in [-0.15, -0.1) is 0 Å². The van der Waals surface area contributed by atoms with E-state index in [1.807, 2.05) is 30.3 Å². The maximum Gasteiger partial charge on any atom is 0.303 e. The Bertz CT molecular complexity index is 777. The van der Waals surface area contributed by atoms with Gasteiger partial charge in [0.25, 0.3) is 0 Å². The SMILES string of the molecule is CC(=O)OC[C@@H]1O[C@H]2OC(c3ccccc3)=N[C@H]2[C@H](OC(C)=O)[C@H]1OC(C)=O. The van der Waals surface area contributed by atoms with Crippen LogP contribution in [0.5, 0.6) is 0 Å². The number of hydrogen-bond donors (Lipinski definition) is 0. The molecule has 2 aliphatic heterocycles. The molecule has 0 unspecified atom stereocenters. The molecule has 0 aromatic heterocycles. The van der Waals surface area contributed by atoms with Gasteiger partial charge in [0.15, 0.2) is 18.2 Å². The minimum Gasteiger partial charge on any atom is -0.463 e. The van der Waals surface area contributed by atoms with Gasteiger partial charge in [-0.3, -0.25) is 14.4 Å². The number of esters is 3. The predicted octanol–water partition coefficient (Wildman–Crippen LogP) is 0.983. The van der Waals surface area contributed by atoms with Crippen LogP contribution in [-0.4, -0.2) is 61.1 Å². The number of aliphatic imine (C=N–C) groups is 1. The van der Waals surface area contributed by atoms with Crippen molar-refractivity contribution >= 4 is 23.8 Å². The normalized spacial score (nSPS) is 28.4. The van der Waals surface area contributed by atoms with E-state index in [0.717, 1.165) is 5.56 Å². The molecule has 2 aliphatic rings. The van der Waals surface area contributed by atoms with Crippen LogP contribution in [0.2, 0.25) is 0 Å². The minimum absolute atomic E-state index is 0.196. The number of nitrogens with zero attached hydrogens (tertiary/aromatic N) is 1. The van der Waals surface area contributed by atoms with Gasteiger partial charge in [-0.2, -0.15) is 0 Å². The number of carbonyl (C=O) groups is 3. The fourth-order valence-corrected chi connectivity index (χ4v) is 3.12. The van der Waals surface area contributed by atoms with Gasteiger partial charge < -0.3 is 23.7 Å². The van der Waals surface area contributed by atoms with Crippen LogP contribution in [-0.2, 0) is 38.1 Å². The molecule has 0 aliphatic carbocycles. The Kier molecular flexibility index (Phi) is 5.93. The molecule has 2 heterocycles. The first-order valence-corrected chi connectivity index (χ1v) is 8.78. The summed E-state index contributed by atoms with van der Waals surface area (Å²) in [5, 5.41) is 0. The van der Waals surface area contributed by atoms with Gasteiger partial charge in [-0.1, -0.05) is 18.2 Å². The third kappa shape index (κ3) is 4.48. The summed E-state index contributed by atoms with van der Waals surface area (Å²) in [5.74, 6) is -1.37. The summed E-state index contributed by atoms with van der Waals surface area (Å²) in [6.07, 6.45) is -3.73. The molecule has 0 saturated carbocycles. The van der Waals surface area contributed by atoms with Gasteiger partial charge in [-0.25, -0.2) is 4.99 Å². The lowest BCUT2D eigenvalue weighted by Crippen LogP contribution is -2.60. The highest BCUT2D eigenvalue weighted by molar-refractivity contribution is 5.95. The van der Waals surface area contributed by atoms with E-state index in [0.29, 0.717) is 5.90 Å². The molecule has 9 heteroatoms. The largest absolute Gasteiger partial charge is 0.463 e. The molecule has 9 nitrogen and oxygen atoms in total. The van der Waals surface area contributed by atoms with Crippen LogP contribution in [0.1, 0.15) is 26.3 Å². The van der Waals surface area contributed by atoms with E-state index in [-0.39, 0.29) is 6.61 Å². The summed E-state index contributed by atoms with van der Waals surface area (Å²) in [4.78, 5) is 39.0. The van der Waals surface area contributed by atoms with Gasteiger partial charge in [0.05, 0.1) is 0 Å². The molecule has 150 valence electrons. The molecule has 0 amide bonds. The van der Waals surface area contributed by atoms with Crippen molar-refractivity contribution in [3.05, 3.63) is 35.9 Å². The molecule has 0 radical (unpaired) electrons. The van der Waals surface area contributed by atoms with E-state index >= 15 is 0 Å². The van der Waals surface area contributed by atoms with Crippen LogP contribution in [0, 0.1) is 0 Å². The summed E-state index contributed by atoms with van der Waals surface area (Å²) >= 11 is 0. The second-order valence-corrected chi connectivity index (χ2v) is 6.40. The average Bonchev–Trinajstić information content (AvgIpc) is 3.06. The van der Waals surface area contributed by atoms with E-state index in [2.05, 4.69) is 4.99 Å². The zero-order chi connectivity index (χ0) is 20.3. The smallest absolute Gasteiger partial charge is 0.303 e. The van der Waals surface area contributed by atoms with Crippen molar-refractivity contribution < 1.29 is 38.1 Å². The molecule has 5 atom stereocenters. The molecule has 0 spiro atoms. The van der Waals surface area contributed by atoms with Crippen LogP contribution >= 0.6 is 0 Å². The Hall–Kier alpha value is -2.94. The number of benzene rings is 1. The molecular weight excluding hydrogens is 370 g/mol. The van der Waals surface area contributed by atoms with Gasteiger partial charge in [0.2, 0.25) is 12.2 Å². The molecule has 3 rings (SSSR count). The first-order valence-electron chi connectivity index (χ1n) is 8.78. The second kappa shape index (κ2) is 8.39. The van der Waals surface area contributed by atoms with E-state index in [4.69, 9.17) is 23.7 Å². The zero-order valence-electron chi connectivity index (χ0n) is 15.7. The van der Waals surface area contributed by atoms with E-state index in [1.165, 1.54) is 20.8 Å². The van der Waals surface area contributed by atoms with Crippen molar-refractivity contribution in [3.63, 3.8) is 0 Å². The molecule has 1 fully saturated rings.